The molecule has 1 rings (SSSR count). The van der Waals surface area contributed by atoms with Crippen LogP contribution in [0.15, 0.2) is 23.1 Å². The molecule has 0 aliphatic heterocycles. The van der Waals surface area contributed by atoms with Gasteiger partial charge in [-0.25, -0.2) is 0 Å². The third kappa shape index (κ3) is 2.28. The zero-order valence-electron chi connectivity index (χ0n) is 8.16. The summed E-state index contributed by atoms with van der Waals surface area (Å²) in [5, 5.41) is 0. The number of allylic oxidation sites excluding steroid dienone is 1. The molecule has 0 aliphatic rings. The second kappa shape index (κ2) is 4.38. The van der Waals surface area contributed by atoms with E-state index in [0.29, 0.717) is 0 Å². The molecular weight excluding hydrogens is 180 g/mol. The predicted octanol–water partition coefficient (Wildman–Crippen LogP) is 3.33. The highest BCUT2D eigenvalue weighted by molar-refractivity contribution is 7.80. The van der Waals surface area contributed by atoms with Crippen molar-refractivity contribution in [1.82, 2.24) is 0 Å². The van der Waals surface area contributed by atoms with Gasteiger partial charge >= 0.3 is 0 Å². The van der Waals surface area contributed by atoms with Gasteiger partial charge in [-0.3, -0.25) is 0 Å². The number of methoxy groups -OCH3 is 1. The molecule has 70 valence electrons. The summed E-state index contributed by atoms with van der Waals surface area (Å²) in [6, 6.07) is 4.01. The highest BCUT2D eigenvalue weighted by atomic mass is 32.1. The Morgan fingerprint density at radius 3 is 2.62 bits per heavy atom. The summed E-state index contributed by atoms with van der Waals surface area (Å²) >= 11 is 4.37. The number of ether oxygens (including phenoxy) is 1. The summed E-state index contributed by atoms with van der Waals surface area (Å²) in [6.07, 6.45) is 4.04. The Morgan fingerprint density at radius 2 is 2.08 bits per heavy atom. The molecular formula is C11H14OS. The molecule has 1 aromatic carbocycles. The first-order valence-corrected chi connectivity index (χ1v) is 4.64. The van der Waals surface area contributed by atoms with E-state index in [1.165, 1.54) is 0 Å². The molecule has 0 aliphatic carbocycles. The van der Waals surface area contributed by atoms with Crippen molar-refractivity contribution in [1.29, 1.82) is 0 Å². The van der Waals surface area contributed by atoms with Gasteiger partial charge in [-0.2, -0.15) is 0 Å². The summed E-state index contributed by atoms with van der Waals surface area (Å²) in [5.41, 5.74) is 2.26. The highest BCUT2D eigenvalue weighted by Crippen LogP contribution is 2.26. The van der Waals surface area contributed by atoms with Crippen molar-refractivity contribution in [3.05, 3.63) is 29.3 Å². The number of rotatable bonds is 2. The minimum absolute atomic E-state index is 0.887. The van der Waals surface area contributed by atoms with Crippen molar-refractivity contribution < 1.29 is 4.74 Å². The largest absolute Gasteiger partial charge is 0.496 e. The van der Waals surface area contributed by atoms with E-state index in [1.807, 2.05) is 32.1 Å². The zero-order valence-corrected chi connectivity index (χ0v) is 9.06. The van der Waals surface area contributed by atoms with E-state index in [4.69, 9.17) is 4.74 Å². The number of benzene rings is 1. The summed E-state index contributed by atoms with van der Waals surface area (Å²) in [7, 11) is 1.67. The lowest BCUT2D eigenvalue weighted by atomic mass is 10.1. The van der Waals surface area contributed by atoms with Gasteiger partial charge in [-0.05, 0) is 37.1 Å². The molecule has 0 aromatic heterocycles. The molecule has 0 amide bonds. The van der Waals surface area contributed by atoms with E-state index >= 15 is 0 Å². The van der Waals surface area contributed by atoms with E-state index < -0.39 is 0 Å². The fraction of sp³-hybridized carbons (Fsp3) is 0.273. The molecule has 13 heavy (non-hydrogen) atoms. The van der Waals surface area contributed by atoms with Crippen LogP contribution >= 0.6 is 12.6 Å². The van der Waals surface area contributed by atoms with Crippen molar-refractivity contribution in [2.24, 2.45) is 0 Å². The smallest absolute Gasteiger partial charge is 0.122 e. The summed E-state index contributed by atoms with van der Waals surface area (Å²) in [6.45, 7) is 4.02. The van der Waals surface area contributed by atoms with Gasteiger partial charge in [-0.15, -0.1) is 12.6 Å². The van der Waals surface area contributed by atoms with Crippen molar-refractivity contribution in [2.75, 3.05) is 7.11 Å². The van der Waals surface area contributed by atoms with Gasteiger partial charge in [0.1, 0.15) is 5.75 Å². The SMILES string of the molecule is C/C=C\c1cc(C)c(OC)cc1S. The minimum atomic E-state index is 0.887. The average molecular weight is 194 g/mol. The third-order valence-electron chi connectivity index (χ3n) is 1.89. The van der Waals surface area contributed by atoms with E-state index in [1.54, 1.807) is 7.11 Å². The number of thiol groups is 1. The lowest BCUT2D eigenvalue weighted by Gasteiger charge is -2.07. The Kier molecular flexibility index (Phi) is 3.43. The van der Waals surface area contributed by atoms with Crippen LogP contribution in [0, 0.1) is 6.92 Å². The van der Waals surface area contributed by atoms with Crippen LogP contribution in [0.25, 0.3) is 6.08 Å². The summed E-state index contributed by atoms with van der Waals surface area (Å²) < 4.78 is 5.19. The van der Waals surface area contributed by atoms with Gasteiger partial charge in [0.05, 0.1) is 7.11 Å². The van der Waals surface area contributed by atoms with Crippen LogP contribution < -0.4 is 4.74 Å². The van der Waals surface area contributed by atoms with Gasteiger partial charge in [0.25, 0.3) is 0 Å². The third-order valence-corrected chi connectivity index (χ3v) is 2.28. The van der Waals surface area contributed by atoms with Crippen molar-refractivity contribution in [3.8, 4) is 5.75 Å². The number of hydrogen-bond acceptors (Lipinski definition) is 2. The maximum atomic E-state index is 5.19. The predicted molar refractivity (Wildman–Crippen MR) is 59.7 cm³/mol. The fourth-order valence-electron chi connectivity index (χ4n) is 1.23. The highest BCUT2D eigenvalue weighted by Gasteiger charge is 2.02. The van der Waals surface area contributed by atoms with Crippen LogP contribution in [0.1, 0.15) is 18.1 Å². The van der Waals surface area contributed by atoms with Crippen LogP contribution in [-0.4, -0.2) is 7.11 Å². The molecule has 0 unspecified atom stereocenters. The second-order valence-electron chi connectivity index (χ2n) is 2.88. The molecule has 0 N–H and O–H groups in total. The van der Waals surface area contributed by atoms with Gasteiger partial charge in [-0.1, -0.05) is 12.2 Å². The normalized spacial score (nSPS) is 10.8. The lowest BCUT2D eigenvalue weighted by Crippen LogP contribution is -1.88. The molecule has 0 atom stereocenters. The van der Waals surface area contributed by atoms with Crippen molar-refractivity contribution in [3.63, 3.8) is 0 Å². The standard InChI is InChI=1S/C11H14OS/c1-4-5-9-6-8(2)10(12-3)7-11(9)13/h4-7,13H,1-3H3/b5-4-. The monoisotopic (exact) mass is 194 g/mol. The Bertz CT molecular complexity index is 329. The van der Waals surface area contributed by atoms with Gasteiger partial charge in [0.15, 0.2) is 0 Å². The van der Waals surface area contributed by atoms with Crippen LogP contribution in [0.5, 0.6) is 5.75 Å². The first-order valence-electron chi connectivity index (χ1n) is 4.19. The van der Waals surface area contributed by atoms with E-state index in [2.05, 4.69) is 18.7 Å². The van der Waals surface area contributed by atoms with E-state index in [-0.39, 0.29) is 0 Å². The molecule has 0 saturated heterocycles. The summed E-state index contributed by atoms with van der Waals surface area (Å²) in [4.78, 5) is 0.945. The van der Waals surface area contributed by atoms with E-state index in [9.17, 15) is 0 Å². The minimum Gasteiger partial charge on any atom is -0.496 e. The van der Waals surface area contributed by atoms with Gasteiger partial charge in [0.2, 0.25) is 0 Å². The molecule has 0 heterocycles. The van der Waals surface area contributed by atoms with Crippen LogP contribution in [0.4, 0.5) is 0 Å². The Morgan fingerprint density at radius 1 is 1.38 bits per heavy atom. The van der Waals surface area contributed by atoms with Crippen LogP contribution in [0.3, 0.4) is 0 Å². The van der Waals surface area contributed by atoms with Crippen LogP contribution in [0.2, 0.25) is 0 Å². The Balaban J connectivity index is 3.20. The molecule has 1 nitrogen and oxygen atoms in total. The van der Waals surface area contributed by atoms with Gasteiger partial charge < -0.3 is 4.74 Å². The quantitative estimate of drug-likeness (QED) is 0.710. The fourth-order valence-corrected chi connectivity index (χ4v) is 1.49. The van der Waals surface area contributed by atoms with Gasteiger partial charge in [0, 0.05) is 4.90 Å². The first-order chi connectivity index (χ1) is 6.19. The second-order valence-corrected chi connectivity index (χ2v) is 3.36. The average Bonchev–Trinajstić information content (AvgIpc) is 2.11. The Hall–Kier alpha value is -0.890. The molecule has 0 spiro atoms. The number of hydrogen-bond donors (Lipinski definition) is 1. The first kappa shape index (κ1) is 10.2. The van der Waals surface area contributed by atoms with Crippen molar-refractivity contribution >= 4 is 18.7 Å². The zero-order chi connectivity index (χ0) is 9.84. The topological polar surface area (TPSA) is 9.23 Å². The maximum Gasteiger partial charge on any atom is 0.122 e. The molecule has 0 saturated carbocycles. The number of aryl methyl sites for hydroxylation is 1. The lowest BCUT2D eigenvalue weighted by molar-refractivity contribution is 0.410. The molecule has 2 heteroatoms. The maximum absolute atomic E-state index is 5.19. The molecule has 0 bridgehead atoms. The molecule has 0 radical (unpaired) electrons. The summed E-state index contributed by atoms with van der Waals surface area (Å²) in [5.74, 6) is 0.887. The van der Waals surface area contributed by atoms with Crippen LogP contribution in [-0.2, 0) is 0 Å². The van der Waals surface area contributed by atoms with E-state index in [0.717, 1.165) is 21.8 Å². The Labute approximate surface area is 84.8 Å². The molecule has 1 aromatic rings. The molecule has 0 fully saturated rings. The van der Waals surface area contributed by atoms with Crippen molar-refractivity contribution in [2.45, 2.75) is 18.7 Å².